The van der Waals surface area contributed by atoms with Crippen LogP contribution in [0.5, 0.6) is 0 Å². The SMILES string of the molecule is C=CC[Se][C@@H]1[C@@H]([C@@H](C)O)C(=O)N1CC=C. The standard InChI is InChI=1S/C11H17NO2Se/c1-4-6-12-10(14)9(8(3)13)11(12)15-7-5-2/h4-5,8-9,11,13H,1-2,6-7H2,3H3/t8-,9+,11-/m1/s1. The molecule has 1 aliphatic heterocycles. The van der Waals surface area contributed by atoms with E-state index in [1.807, 2.05) is 6.08 Å². The van der Waals surface area contributed by atoms with E-state index in [-0.39, 0.29) is 16.8 Å². The molecule has 0 bridgehead atoms. The Morgan fingerprint density at radius 3 is 2.73 bits per heavy atom. The summed E-state index contributed by atoms with van der Waals surface area (Å²) in [4.78, 5) is 13.7. The number of aliphatic hydroxyl groups excluding tert-OH is 1. The maximum atomic E-state index is 11.7. The van der Waals surface area contributed by atoms with Crippen LogP contribution in [-0.2, 0) is 4.79 Å². The van der Waals surface area contributed by atoms with Crippen molar-refractivity contribution in [3.05, 3.63) is 25.3 Å². The fraction of sp³-hybridized carbons (Fsp3) is 0.545. The number of hydrogen-bond donors (Lipinski definition) is 1. The molecule has 4 heteroatoms. The van der Waals surface area contributed by atoms with Crippen LogP contribution in [-0.4, -0.2) is 48.5 Å². The van der Waals surface area contributed by atoms with Gasteiger partial charge in [-0.2, -0.15) is 0 Å². The summed E-state index contributed by atoms with van der Waals surface area (Å²) in [5.41, 5.74) is 0. The molecular weight excluding hydrogens is 257 g/mol. The first-order valence-corrected chi connectivity index (χ1v) is 7.15. The molecule has 0 saturated carbocycles. The van der Waals surface area contributed by atoms with Crippen molar-refractivity contribution in [1.29, 1.82) is 0 Å². The zero-order chi connectivity index (χ0) is 11.4. The molecule has 0 aromatic heterocycles. The van der Waals surface area contributed by atoms with Crippen molar-refractivity contribution in [3.8, 4) is 0 Å². The Balaban J connectivity index is 2.62. The van der Waals surface area contributed by atoms with Crippen molar-refractivity contribution in [2.45, 2.75) is 23.3 Å². The van der Waals surface area contributed by atoms with Gasteiger partial charge < -0.3 is 0 Å². The Labute approximate surface area is 97.0 Å². The number of carbonyl (C=O) groups excluding carboxylic acids is 1. The van der Waals surface area contributed by atoms with Crippen molar-refractivity contribution in [3.63, 3.8) is 0 Å². The van der Waals surface area contributed by atoms with Gasteiger partial charge in [0.1, 0.15) is 0 Å². The summed E-state index contributed by atoms with van der Waals surface area (Å²) in [6.45, 7) is 9.59. The van der Waals surface area contributed by atoms with Crippen LogP contribution in [0.25, 0.3) is 0 Å². The maximum absolute atomic E-state index is 11.7. The van der Waals surface area contributed by atoms with E-state index in [0.717, 1.165) is 5.32 Å². The molecule has 1 fully saturated rings. The molecule has 0 aromatic rings. The Hall–Kier alpha value is -0.571. The predicted molar refractivity (Wildman–Crippen MR) is 61.6 cm³/mol. The van der Waals surface area contributed by atoms with Crippen LogP contribution < -0.4 is 0 Å². The average molecular weight is 274 g/mol. The van der Waals surface area contributed by atoms with Crippen LogP contribution in [0.3, 0.4) is 0 Å². The van der Waals surface area contributed by atoms with E-state index in [4.69, 9.17) is 0 Å². The van der Waals surface area contributed by atoms with Crippen LogP contribution in [0.1, 0.15) is 6.92 Å². The number of carbonyl (C=O) groups is 1. The Morgan fingerprint density at radius 1 is 1.60 bits per heavy atom. The summed E-state index contributed by atoms with van der Waals surface area (Å²) in [6.07, 6.45) is 3.05. The van der Waals surface area contributed by atoms with Crippen molar-refractivity contribution in [1.82, 2.24) is 4.90 Å². The third kappa shape index (κ3) is 2.51. The van der Waals surface area contributed by atoms with Crippen molar-refractivity contribution in [2.75, 3.05) is 6.54 Å². The van der Waals surface area contributed by atoms with E-state index in [0.29, 0.717) is 21.5 Å². The van der Waals surface area contributed by atoms with Gasteiger partial charge >= 0.3 is 96.7 Å². The third-order valence-electron chi connectivity index (χ3n) is 2.41. The van der Waals surface area contributed by atoms with Gasteiger partial charge in [0.25, 0.3) is 0 Å². The molecule has 0 aliphatic carbocycles. The van der Waals surface area contributed by atoms with E-state index in [1.165, 1.54) is 0 Å². The third-order valence-corrected chi connectivity index (χ3v) is 5.18. The Kier molecular flexibility index (Phi) is 4.58. The second kappa shape index (κ2) is 5.50. The minimum absolute atomic E-state index is 0.0563. The fourth-order valence-electron chi connectivity index (χ4n) is 1.69. The van der Waals surface area contributed by atoms with Gasteiger partial charge in [-0.05, 0) is 0 Å². The van der Waals surface area contributed by atoms with Gasteiger partial charge in [-0.25, -0.2) is 0 Å². The molecule has 1 N–H and O–H groups in total. The van der Waals surface area contributed by atoms with Crippen LogP contribution in [0.2, 0.25) is 5.32 Å². The zero-order valence-corrected chi connectivity index (χ0v) is 10.6. The number of rotatable bonds is 6. The number of allylic oxidation sites excluding steroid dienone is 1. The summed E-state index contributed by atoms with van der Waals surface area (Å²) in [5, 5.41) is 10.4. The molecule has 3 nitrogen and oxygen atoms in total. The molecule has 1 heterocycles. The van der Waals surface area contributed by atoms with Gasteiger partial charge in [0.2, 0.25) is 0 Å². The number of likely N-dealkylation sites (tertiary alicyclic amines) is 1. The summed E-state index contributed by atoms with van der Waals surface area (Å²) in [6, 6.07) is 0. The predicted octanol–water partition coefficient (Wildman–Crippen LogP) is 0.646. The van der Waals surface area contributed by atoms with Crippen LogP contribution in [0.15, 0.2) is 25.3 Å². The second-order valence-electron chi connectivity index (χ2n) is 3.56. The summed E-state index contributed by atoms with van der Waals surface area (Å²) in [5.74, 6) is -0.147. The van der Waals surface area contributed by atoms with E-state index < -0.39 is 6.10 Å². The van der Waals surface area contributed by atoms with E-state index in [1.54, 1.807) is 17.9 Å². The number of β-lactam (4-membered cyclic amide) rings is 1. The van der Waals surface area contributed by atoms with Crippen LogP contribution in [0.4, 0.5) is 0 Å². The van der Waals surface area contributed by atoms with Crippen LogP contribution in [0, 0.1) is 5.92 Å². The van der Waals surface area contributed by atoms with Gasteiger partial charge in [0, 0.05) is 0 Å². The Bertz CT molecular complexity index is 265. The average Bonchev–Trinajstić information content (AvgIpc) is 2.19. The van der Waals surface area contributed by atoms with Gasteiger partial charge in [0.15, 0.2) is 0 Å². The second-order valence-corrected chi connectivity index (χ2v) is 5.97. The van der Waals surface area contributed by atoms with Crippen molar-refractivity contribution >= 4 is 20.9 Å². The Morgan fingerprint density at radius 2 is 2.27 bits per heavy atom. The number of hydrogen-bond acceptors (Lipinski definition) is 2. The molecule has 0 radical (unpaired) electrons. The van der Waals surface area contributed by atoms with E-state index in [2.05, 4.69) is 13.2 Å². The number of nitrogens with zero attached hydrogens (tertiary/aromatic N) is 1. The number of amides is 1. The van der Waals surface area contributed by atoms with E-state index >= 15 is 0 Å². The normalized spacial score (nSPS) is 27.1. The molecule has 1 rings (SSSR count). The summed E-state index contributed by atoms with van der Waals surface area (Å²) < 4.78 is 0. The molecule has 15 heavy (non-hydrogen) atoms. The van der Waals surface area contributed by atoms with Crippen molar-refractivity contribution < 1.29 is 9.90 Å². The first-order chi connectivity index (χ1) is 7.13. The molecule has 3 atom stereocenters. The molecule has 1 saturated heterocycles. The molecule has 0 spiro atoms. The molecule has 0 aromatic carbocycles. The van der Waals surface area contributed by atoms with Gasteiger partial charge in [-0.15, -0.1) is 0 Å². The van der Waals surface area contributed by atoms with Gasteiger partial charge in [-0.3, -0.25) is 0 Å². The zero-order valence-electron chi connectivity index (χ0n) is 8.93. The number of aliphatic hydroxyl groups is 1. The molecule has 0 unspecified atom stereocenters. The van der Waals surface area contributed by atoms with Gasteiger partial charge in [-0.1, -0.05) is 0 Å². The molecular formula is C11H17NO2Se. The fourth-order valence-corrected chi connectivity index (χ4v) is 4.32. The quantitative estimate of drug-likeness (QED) is 0.439. The van der Waals surface area contributed by atoms with Crippen molar-refractivity contribution in [2.24, 2.45) is 5.92 Å². The topological polar surface area (TPSA) is 40.5 Å². The summed E-state index contributed by atoms with van der Waals surface area (Å²) >= 11 is 0.306. The summed E-state index contributed by atoms with van der Waals surface area (Å²) in [7, 11) is 0. The minimum atomic E-state index is -0.546. The molecule has 1 amide bonds. The monoisotopic (exact) mass is 275 g/mol. The van der Waals surface area contributed by atoms with Gasteiger partial charge in [0.05, 0.1) is 0 Å². The van der Waals surface area contributed by atoms with Crippen LogP contribution >= 0.6 is 0 Å². The first kappa shape index (κ1) is 12.5. The van der Waals surface area contributed by atoms with E-state index in [9.17, 15) is 9.90 Å². The first-order valence-electron chi connectivity index (χ1n) is 4.95. The molecule has 84 valence electrons. The molecule has 1 aliphatic rings.